The van der Waals surface area contributed by atoms with Crippen molar-refractivity contribution in [2.75, 3.05) is 72.7 Å². The van der Waals surface area contributed by atoms with Crippen LogP contribution in [0.3, 0.4) is 0 Å². The first-order valence-electron chi connectivity index (χ1n) is 31.9. The molecule has 12 aliphatic heterocycles. The highest BCUT2D eigenvalue weighted by molar-refractivity contribution is 6.10. The van der Waals surface area contributed by atoms with Crippen molar-refractivity contribution in [2.24, 2.45) is 16.2 Å². The molecule has 91 heavy (non-hydrogen) atoms. The number of nitrogens with zero attached hydrogens (tertiary/aromatic N) is 6. The molecule has 15 amide bonds. The molecule has 27 nitrogen and oxygen atoms in total. The van der Waals surface area contributed by atoms with Gasteiger partial charge in [0.1, 0.15) is 21.9 Å². The van der Waals surface area contributed by atoms with Crippen LogP contribution in [0.15, 0.2) is 0 Å². The zero-order valence-electron chi connectivity index (χ0n) is 57.1. The van der Waals surface area contributed by atoms with E-state index in [1.165, 1.54) is 29.4 Å². The minimum Gasteiger partial charge on any atom is -0.381 e. The number of amides is 15. The molecule has 0 bridgehead atoms. The standard InChI is InChI=1S/3C11H18N2O3.C11H17NO3.2C10H15NO3/c1-10(2,3)13-8(14)11(12-9(13)15)4-6-16-7-5-11;1-10(2,3)13-8(14)11(12-9(13)15)5-4-6-16-7-11;1-10(2,3)13-8(14)11(12-9(13)15)6-4-5-7-16-11;1-10(2,3)12-8(13)6-11(9(12)14)4-5-15-7-11;2*1-9(2,3)11-7(12)4-10(8(11)13)5-14-6-10/h3*4-7H2,1-3H3,(H,12,15);4-7H2,1-3H3;2*4-6H2,1-3H3. The molecule has 12 fully saturated rings. The van der Waals surface area contributed by atoms with Gasteiger partial charge in [-0.1, -0.05) is 0 Å². The third-order valence-corrected chi connectivity index (χ3v) is 18.1. The third kappa shape index (κ3) is 14.3. The zero-order chi connectivity index (χ0) is 68.3. The lowest BCUT2D eigenvalue weighted by Crippen LogP contribution is -2.54. The van der Waals surface area contributed by atoms with E-state index in [1.807, 2.05) is 125 Å². The molecule has 0 saturated carbocycles. The van der Waals surface area contributed by atoms with Crippen molar-refractivity contribution >= 4 is 71.3 Å². The Kier molecular flexibility index (Phi) is 20.2. The van der Waals surface area contributed by atoms with Crippen LogP contribution in [0, 0.1) is 16.2 Å². The smallest absolute Gasteiger partial charge is 0.327 e. The van der Waals surface area contributed by atoms with Crippen LogP contribution in [-0.4, -0.2) is 223 Å². The second kappa shape index (κ2) is 25.4. The lowest BCUT2D eigenvalue weighted by atomic mass is 9.84. The Morgan fingerprint density at radius 3 is 0.956 bits per heavy atom. The molecular weight excluding hydrogens is 1180 g/mol. The quantitative estimate of drug-likeness (QED) is 0.210. The first-order valence-corrected chi connectivity index (χ1v) is 31.9. The van der Waals surface area contributed by atoms with E-state index in [2.05, 4.69) is 16.0 Å². The molecule has 0 aliphatic carbocycles. The summed E-state index contributed by atoms with van der Waals surface area (Å²) in [6.45, 7) is 38.8. The fourth-order valence-corrected chi connectivity index (χ4v) is 13.3. The average molecular weight is 1280 g/mol. The van der Waals surface area contributed by atoms with Crippen molar-refractivity contribution in [3.8, 4) is 0 Å². The zero-order valence-corrected chi connectivity index (χ0v) is 57.1. The van der Waals surface area contributed by atoms with Crippen molar-refractivity contribution in [3.63, 3.8) is 0 Å². The normalized spacial score (nSPS) is 28.5. The van der Waals surface area contributed by atoms with Crippen LogP contribution in [0.2, 0.25) is 0 Å². The van der Waals surface area contributed by atoms with Crippen LogP contribution in [0.1, 0.15) is 195 Å². The van der Waals surface area contributed by atoms with Crippen molar-refractivity contribution < 1.29 is 86.0 Å². The molecule has 0 radical (unpaired) electrons. The topological polar surface area (TPSA) is 316 Å². The monoisotopic (exact) mass is 1280 g/mol. The number of hydrogen-bond acceptors (Lipinski definition) is 18. The van der Waals surface area contributed by atoms with Crippen LogP contribution in [0.25, 0.3) is 0 Å². The highest BCUT2D eigenvalue weighted by Gasteiger charge is 2.62. The molecule has 12 rings (SSSR count). The maximum absolute atomic E-state index is 12.3. The highest BCUT2D eigenvalue weighted by Crippen LogP contribution is 2.45. The van der Waals surface area contributed by atoms with Crippen LogP contribution in [0.4, 0.5) is 14.4 Å². The van der Waals surface area contributed by atoms with Gasteiger partial charge in [-0.2, -0.15) is 0 Å². The Bertz CT molecular complexity index is 2670. The molecule has 6 spiro atoms. The number of urea groups is 3. The first kappa shape index (κ1) is 72.4. The maximum Gasteiger partial charge on any atom is 0.327 e. The SMILES string of the molecule is CC(C)(C)N1C(=O)CC2(CCOC2)C1=O.CC(C)(C)N1C(=O)CC2(COC2)C1=O.CC(C)(C)N1C(=O)CC2(COC2)C1=O.CC(C)(C)N1C(=O)NC2(CCCCO2)C1=O.CC(C)(C)N1C(=O)NC2(CCCOC2)C1=O.CC(C)(C)N1C(=O)NC2(CCOCC2)C1=O. The Hall–Kier alpha value is -6.00. The molecule has 3 unspecified atom stereocenters. The summed E-state index contributed by atoms with van der Waals surface area (Å²) in [4.78, 5) is 152. The van der Waals surface area contributed by atoms with Gasteiger partial charge in [-0.25, -0.2) is 14.4 Å². The molecular formula is C64H101N9O18. The predicted molar refractivity (Wildman–Crippen MR) is 327 cm³/mol. The second-order valence-electron chi connectivity index (χ2n) is 32.1. The summed E-state index contributed by atoms with van der Waals surface area (Å²) >= 11 is 0. The summed E-state index contributed by atoms with van der Waals surface area (Å²) in [6, 6.07) is -0.929. The molecule has 3 N–H and O–H groups in total. The van der Waals surface area contributed by atoms with Crippen LogP contribution in [-0.2, 0) is 71.6 Å². The molecule has 0 aromatic rings. The molecule has 510 valence electrons. The van der Waals surface area contributed by atoms with Gasteiger partial charge >= 0.3 is 18.1 Å². The van der Waals surface area contributed by atoms with Gasteiger partial charge in [0.2, 0.25) is 41.2 Å². The fourth-order valence-electron chi connectivity index (χ4n) is 13.3. The predicted octanol–water partition coefficient (Wildman–Crippen LogP) is 5.08. The van der Waals surface area contributed by atoms with E-state index in [9.17, 15) is 57.5 Å². The van der Waals surface area contributed by atoms with E-state index < -0.39 is 66.3 Å². The third-order valence-electron chi connectivity index (χ3n) is 18.1. The Balaban J connectivity index is 0.000000155. The Morgan fingerprint density at radius 1 is 0.297 bits per heavy atom. The van der Waals surface area contributed by atoms with Gasteiger partial charge < -0.3 is 44.4 Å². The summed E-state index contributed by atoms with van der Waals surface area (Å²) in [6.07, 6.45) is 6.70. The Morgan fingerprint density at radius 2 is 0.648 bits per heavy atom. The molecule has 0 aromatic carbocycles. The lowest BCUT2D eigenvalue weighted by Gasteiger charge is -2.37. The summed E-state index contributed by atoms with van der Waals surface area (Å²) in [5, 5.41) is 8.31. The second-order valence-corrected chi connectivity index (χ2v) is 32.1. The minimum absolute atomic E-state index is 0.0440. The van der Waals surface area contributed by atoms with Crippen molar-refractivity contribution in [3.05, 3.63) is 0 Å². The summed E-state index contributed by atoms with van der Waals surface area (Å²) in [5.41, 5.74) is -6.84. The van der Waals surface area contributed by atoms with Crippen molar-refractivity contribution in [1.82, 2.24) is 45.3 Å². The van der Waals surface area contributed by atoms with E-state index in [1.54, 1.807) is 0 Å². The van der Waals surface area contributed by atoms with E-state index in [4.69, 9.17) is 28.4 Å². The van der Waals surface area contributed by atoms with Gasteiger partial charge in [-0.15, -0.1) is 0 Å². The summed E-state index contributed by atoms with van der Waals surface area (Å²) in [5.74, 6) is -0.836. The van der Waals surface area contributed by atoms with Gasteiger partial charge in [0, 0.05) is 98.2 Å². The van der Waals surface area contributed by atoms with Gasteiger partial charge in [-0.3, -0.25) is 72.6 Å². The highest BCUT2D eigenvalue weighted by atomic mass is 16.5. The summed E-state index contributed by atoms with van der Waals surface area (Å²) < 4.78 is 31.4. The molecule has 27 heteroatoms. The Labute approximate surface area is 535 Å². The van der Waals surface area contributed by atoms with Crippen LogP contribution < -0.4 is 16.0 Å². The van der Waals surface area contributed by atoms with Crippen LogP contribution in [0.5, 0.6) is 0 Å². The number of imide groups is 6. The van der Waals surface area contributed by atoms with E-state index >= 15 is 0 Å². The molecule has 12 saturated heterocycles. The fraction of sp³-hybridized carbons (Fsp3) is 0.812. The number of carbonyl (C=O) groups excluding carboxylic acids is 12. The number of rotatable bonds is 0. The number of likely N-dealkylation sites (tertiary alicyclic amines) is 3. The van der Waals surface area contributed by atoms with Gasteiger partial charge in [0.15, 0.2) is 0 Å². The number of carbonyl (C=O) groups is 12. The number of ether oxygens (including phenoxy) is 6. The van der Waals surface area contributed by atoms with E-state index in [0.29, 0.717) is 124 Å². The average Bonchev–Trinajstić information content (AvgIpc) is 1.66. The van der Waals surface area contributed by atoms with Gasteiger partial charge in [0.05, 0.1) is 51.7 Å². The number of hydrogen-bond donors (Lipinski definition) is 3. The van der Waals surface area contributed by atoms with Crippen molar-refractivity contribution in [2.45, 2.75) is 245 Å². The van der Waals surface area contributed by atoms with E-state index in [0.717, 1.165) is 19.3 Å². The first-order chi connectivity index (χ1) is 41.7. The molecule has 0 aromatic heterocycles. The summed E-state index contributed by atoms with van der Waals surface area (Å²) in [7, 11) is 0. The lowest BCUT2D eigenvalue weighted by molar-refractivity contribution is -0.165. The van der Waals surface area contributed by atoms with E-state index in [-0.39, 0.29) is 71.3 Å². The van der Waals surface area contributed by atoms with Gasteiger partial charge in [-0.05, 0) is 157 Å². The maximum atomic E-state index is 12.3. The minimum atomic E-state index is -1.08. The number of nitrogens with one attached hydrogen (secondary N) is 3. The van der Waals surface area contributed by atoms with Crippen molar-refractivity contribution in [1.29, 1.82) is 0 Å². The molecule has 12 aliphatic rings. The largest absolute Gasteiger partial charge is 0.381 e. The molecule has 3 atom stereocenters. The molecule has 12 heterocycles. The van der Waals surface area contributed by atoms with Gasteiger partial charge in [0.25, 0.3) is 17.7 Å². The van der Waals surface area contributed by atoms with Crippen LogP contribution >= 0.6 is 0 Å².